The number of hydrogen-bond donors (Lipinski definition) is 9. The fraction of sp³-hybridized carbons (Fsp3) is 0.481. The van der Waals surface area contributed by atoms with Crippen LogP contribution in [0, 0.1) is 0 Å². The van der Waals surface area contributed by atoms with E-state index in [9.17, 15) is 33.9 Å². The predicted molar refractivity (Wildman–Crippen MR) is 152 cm³/mol. The number of nitrogens with two attached hydrogens (primary N) is 3. The van der Waals surface area contributed by atoms with E-state index in [0.29, 0.717) is 24.9 Å². The van der Waals surface area contributed by atoms with E-state index in [1.807, 2.05) is 18.2 Å². The molecule has 0 saturated carbocycles. The van der Waals surface area contributed by atoms with Crippen LogP contribution in [0.15, 0.2) is 30.5 Å². The number of amides is 4. The highest BCUT2D eigenvalue weighted by molar-refractivity contribution is 5.95. The van der Waals surface area contributed by atoms with E-state index in [1.54, 1.807) is 12.3 Å². The van der Waals surface area contributed by atoms with E-state index in [0.717, 1.165) is 10.9 Å². The Bertz CT molecular complexity index is 1260. The van der Waals surface area contributed by atoms with Gasteiger partial charge in [-0.25, -0.2) is 4.79 Å². The summed E-state index contributed by atoms with van der Waals surface area (Å²) in [5.41, 5.74) is 17.8. The third-order valence-electron chi connectivity index (χ3n) is 6.61. The molecule has 1 aromatic carbocycles. The van der Waals surface area contributed by atoms with Crippen LogP contribution < -0.4 is 33.2 Å². The molecular formula is C27H39N7O8. The lowest BCUT2D eigenvalue weighted by Gasteiger charge is -2.25. The Kier molecular flexibility index (Phi) is 13.4. The first-order chi connectivity index (χ1) is 19.9. The maximum atomic E-state index is 13.4. The van der Waals surface area contributed by atoms with Gasteiger partial charge in [-0.2, -0.15) is 0 Å². The van der Waals surface area contributed by atoms with E-state index in [2.05, 4.69) is 20.9 Å². The number of rotatable bonds is 19. The van der Waals surface area contributed by atoms with E-state index < -0.39 is 66.2 Å². The molecule has 2 aromatic rings. The van der Waals surface area contributed by atoms with Gasteiger partial charge in [-0.05, 0) is 50.3 Å². The molecule has 12 N–H and O–H groups in total. The van der Waals surface area contributed by atoms with E-state index in [1.165, 1.54) is 0 Å². The fourth-order valence-electron chi connectivity index (χ4n) is 4.27. The Labute approximate surface area is 241 Å². The minimum absolute atomic E-state index is 0.0472. The summed E-state index contributed by atoms with van der Waals surface area (Å²) in [4.78, 5) is 76.5. The van der Waals surface area contributed by atoms with Crippen molar-refractivity contribution in [1.29, 1.82) is 0 Å². The standard InChI is InChI=1S/C27H39N7O8/c28-12-4-3-7-20(27(41)42)33-26(40)21(13-15-14-31-18-6-2-1-5-16(15)18)34-25(39)19(9-11-23(36)37)32-24(38)17(29)8-10-22(30)35/h1-2,5-6,14,17,19-21,31H,3-4,7-13,28-29H2,(H2,30,35)(H,32,38)(H,33,40)(H,34,39)(H,36,37)(H,41,42). The van der Waals surface area contributed by atoms with Gasteiger partial charge in [0.15, 0.2) is 0 Å². The van der Waals surface area contributed by atoms with Gasteiger partial charge in [0.25, 0.3) is 0 Å². The van der Waals surface area contributed by atoms with Crippen LogP contribution in [0.5, 0.6) is 0 Å². The molecule has 0 aliphatic carbocycles. The molecule has 2 rings (SSSR count). The molecule has 1 aromatic heterocycles. The lowest BCUT2D eigenvalue weighted by molar-refractivity contribution is -0.142. The van der Waals surface area contributed by atoms with Gasteiger partial charge < -0.3 is 48.3 Å². The highest BCUT2D eigenvalue weighted by Gasteiger charge is 2.31. The second-order valence-corrected chi connectivity index (χ2v) is 9.91. The van der Waals surface area contributed by atoms with E-state index >= 15 is 0 Å². The number of carboxylic acid groups (broad SMARTS) is 2. The second kappa shape index (κ2) is 16.7. The lowest BCUT2D eigenvalue weighted by Crippen LogP contribution is -2.57. The molecule has 4 unspecified atom stereocenters. The number of carboxylic acids is 2. The van der Waals surface area contributed by atoms with Gasteiger partial charge in [0.1, 0.15) is 18.1 Å². The highest BCUT2D eigenvalue weighted by Crippen LogP contribution is 2.19. The molecule has 0 bridgehead atoms. The first kappa shape index (κ1) is 33.7. The smallest absolute Gasteiger partial charge is 0.326 e. The summed E-state index contributed by atoms with van der Waals surface area (Å²) in [6.45, 7) is 0.356. The number of carbonyl (C=O) groups excluding carboxylic acids is 4. The monoisotopic (exact) mass is 589 g/mol. The van der Waals surface area contributed by atoms with Crippen molar-refractivity contribution < 1.29 is 39.0 Å². The van der Waals surface area contributed by atoms with Crippen molar-refractivity contribution >= 4 is 46.5 Å². The SMILES string of the molecule is NCCCCC(NC(=O)C(Cc1c[nH]c2ccccc12)NC(=O)C(CCC(=O)O)NC(=O)C(N)CCC(N)=O)C(=O)O. The summed E-state index contributed by atoms with van der Waals surface area (Å²) in [7, 11) is 0. The fourth-order valence-corrected chi connectivity index (χ4v) is 4.27. The van der Waals surface area contributed by atoms with Gasteiger partial charge in [0.2, 0.25) is 23.6 Å². The molecule has 0 spiro atoms. The number of benzene rings is 1. The summed E-state index contributed by atoms with van der Waals surface area (Å²) in [5.74, 6) is -5.63. The Morgan fingerprint density at radius 3 is 2.10 bits per heavy atom. The number of primary amides is 1. The van der Waals surface area contributed by atoms with Gasteiger partial charge in [-0.1, -0.05) is 18.2 Å². The summed E-state index contributed by atoms with van der Waals surface area (Å²) in [5, 5.41) is 27.0. The van der Waals surface area contributed by atoms with Crippen molar-refractivity contribution in [3.05, 3.63) is 36.0 Å². The zero-order valence-corrected chi connectivity index (χ0v) is 23.1. The predicted octanol–water partition coefficient (Wildman–Crippen LogP) is -1.16. The molecule has 4 atom stereocenters. The molecule has 0 fully saturated rings. The van der Waals surface area contributed by atoms with Crippen molar-refractivity contribution in [2.24, 2.45) is 17.2 Å². The zero-order chi connectivity index (χ0) is 31.2. The molecular weight excluding hydrogens is 550 g/mol. The van der Waals surface area contributed by atoms with Gasteiger partial charge in [-0.3, -0.25) is 24.0 Å². The molecule has 0 aliphatic rings. The van der Waals surface area contributed by atoms with Gasteiger partial charge in [-0.15, -0.1) is 0 Å². The summed E-state index contributed by atoms with van der Waals surface area (Å²) < 4.78 is 0. The third kappa shape index (κ3) is 10.8. The number of aromatic nitrogens is 1. The maximum absolute atomic E-state index is 13.4. The Balaban J connectivity index is 2.30. The highest BCUT2D eigenvalue weighted by atomic mass is 16.4. The van der Waals surface area contributed by atoms with Gasteiger partial charge in [0, 0.05) is 36.4 Å². The maximum Gasteiger partial charge on any atom is 0.326 e. The molecule has 42 heavy (non-hydrogen) atoms. The Morgan fingerprint density at radius 1 is 0.810 bits per heavy atom. The van der Waals surface area contributed by atoms with Crippen molar-refractivity contribution in [2.75, 3.05) is 6.54 Å². The molecule has 0 saturated heterocycles. The molecule has 230 valence electrons. The summed E-state index contributed by atoms with van der Waals surface area (Å²) >= 11 is 0. The minimum atomic E-state index is -1.40. The molecule has 0 radical (unpaired) electrons. The molecule has 15 nitrogen and oxygen atoms in total. The lowest BCUT2D eigenvalue weighted by atomic mass is 10.0. The number of para-hydroxylation sites is 1. The average Bonchev–Trinajstić information content (AvgIpc) is 3.35. The third-order valence-corrected chi connectivity index (χ3v) is 6.61. The first-order valence-corrected chi connectivity index (χ1v) is 13.6. The molecule has 4 amide bonds. The summed E-state index contributed by atoms with van der Waals surface area (Å²) in [6, 6.07) is 2.12. The van der Waals surface area contributed by atoms with E-state index in [4.69, 9.17) is 22.3 Å². The largest absolute Gasteiger partial charge is 0.481 e. The Hall–Kier alpha value is -4.50. The average molecular weight is 590 g/mol. The quantitative estimate of drug-likeness (QED) is 0.0886. The number of fused-ring (bicyclic) bond motifs is 1. The molecule has 0 aliphatic heterocycles. The number of unbranched alkanes of at least 4 members (excludes halogenated alkanes) is 1. The normalized spacial score (nSPS) is 13.9. The van der Waals surface area contributed by atoms with Crippen LogP contribution in [0.2, 0.25) is 0 Å². The van der Waals surface area contributed by atoms with Gasteiger partial charge >= 0.3 is 11.9 Å². The number of aromatic amines is 1. The van der Waals surface area contributed by atoms with Crippen LogP contribution in [0.3, 0.4) is 0 Å². The number of nitrogens with one attached hydrogen (secondary N) is 4. The zero-order valence-electron chi connectivity index (χ0n) is 23.1. The van der Waals surface area contributed by atoms with Crippen molar-refractivity contribution in [3.63, 3.8) is 0 Å². The van der Waals surface area contributed by atoms with Crippen molar-refractivity contribution in [2.45, 2.75) is 75.5 Å². The van der Waals surface area contributed by atoms with E-state index in [-0.39, 0.29) is 32.1 Å². The first-order valence-electron chi connectivity index (χ1n) is 13.6. The van der Waals surface area contributed by atoms with Gasteiger partial charge in [0.05, 0.1) is 6.04 Å². The van der Waals surface area contributed by atoms with Crippen LogP contribution >= 0.6 is 0 Å². The van der Waals surface area contributed by atoms with Crippen molar-refractivity contribution in [3.8, 4) is 0 Å². The minimum Gasteiger partial charge on any atom is -0.481 e. The van der Waals surface area contributed by atoms with Crippen LogP contribution in [-0.4, -0.2) is 81.5 Å². The van der Waals surface area contributed by atoms with Crippen LogP contribution in [0.1, 0.15) is 50.5 Å². The molecule has 1 heterocycles. The second-order valence-electron chi connectivity index (χ2n) is 9.91. The van der Waals surface area contributed by atoms with Crippen LogP contribution in [0.4, 0.5) is 0 Å². The Morgan fingerprint density at radius 2 is 1.45 bits per heavy atom. The van der Waals surface area contributed by atoms with Crippen LogP contribution in [-0.2, 0) is 35.2 Å². The topological polar surface area (TPSA) is 273 Å². The number of aliphatic carboxylic acids is 2. The number of hydrogen-bond acceptors (Lipinski definition) is 8. The number of carbonyl (C=O) groups is 6. The van der Waals surface area contributed by atoms with Crippen molar-refractivity contribution in [1.82, 2.24) is 20.9 Å². The number of H-pyrrole nitrogens is 1. The van der Waals surface area contributed by atoms with Crippen LogP contribution in [0.25, 0.3) is 10.9 Å². The summed E-state index contributed by atoms with van der Waals surface area (Å²) in [6.07, 6.45) is 1.65. The molecule has 15 heteroatoms.